The Bertz CT molecular complexity index is 851. The number of fused-ring (bicyclic) bond motifs is 1. The average Bonchev–Trinajstić information content (AvgIpc) is 2.77. The van der Waals surface area contributed by atoms with Crippen LogP contribution in [0.5, 0.6) is 0 Å². The molecule has 0 saturated heterocycles. The Morgan fingerprint density at radius 3 is 2.78 bits per heavy atom. The van der Waals surface area contributed by atoms with Crippen LogP contribution in [0.2, 0.25) is 5.02 Å². The van der Waals surface area contributed by atoms with Crippen LogP contribution in [0.3, 0.4) is 0 Å². The molecule has 4 nitrogen and oxygen atoms in total. The van der Waals surface area contributed by atoms with Crippen molar-refractivity contribution >= 4 is 47.0 Å². The van der Waals surface area contributed by atoms with E-state index < -0.39 is 0 Å². The number of benzene rings is 1. The summed E-state index contributed by atoms with van der Waals surface area (Å²) >= 11 is 11.0. The highest BCUT2D eigenvalue weighted by Gasteiger charge is 2.22. The van der Waals surface area contributed by atoms with Gasteiger partial charge in [-0.05, 0) is 18.2 Å². The molecule has 0 saturated carbocycles. The highest BCUT2D eigenvalue weighted by Crippen LogP contribution is 2.23. The fraction of sp³-hybridized carbons (Fsp3) is 0. The number of aromatic nitrogens is 1. The molecule has 18 heavy (non-hydrogen) atoms. The van der Waals surface area contributed by atoms with Crippen LogP contribution in [-0.2, 0) is 4.79 Å². The predicted molar refractivity (Wildman–Crippen MR) is 71.9 cm³/mol. The Labute approximate surface area is 115 Å². The molecule has 0 radical (unpaired) electrons. The minimum absolute atomic E-state index is 0.259. The van der Waals surface area contributed by atoms with Crippen LogP contribution >= 0.6 is 35.6 Å². The van der Waals surface area contributed by atoms with Gasteiger partial charge in [0.25, 0.3) is 5.91 Å². The molecule has 1 aromatic carbocycles. The second-order valence-electron chi connectivity index (χ2n) is 3.65. The van der Waals surface area contributed by atoms with Crippen LogP contribution in [0.1, 0.15) is 4.88 Å². The maximum atomic E-state index is 11.9. The SMILES string of the molecule is O=C1N=c2ccc(Cl)cc2=C1c1sc(=O)[nH]c1S. The minimum atomic E-state index is -0.377. The third-order valence-electron chi connectivity index (χ3n) is 2.52. The normalized spacial score (nSPS) is 13.7. The molecule has 7 heteroatoms. The first-order valence-electron chi connectivity index (χ1n) is 4.91. The standard InChI is InChI=1S/C11H5ClN2O2S2/c12-4-1-2-6-5(3-4)7(9(15)13-6)8-10(17)14-11(16)18-8/h1-3,17H,(H,14,16). The molecule has 0 atom stereocenters. The fourth-order valence-corrected chi connectivity index (χ4v) is 3.18. The lowest BCUT2D eigenvalue weighted by molar-refractivity contribution is -0.112. The second-order valence-corrected chi connectivity index (χ2v) is 5.51. The van der Waals surface area contributed by atoms with Gasteiger partial charge in [-0.3, -0.25) is 9.59 Å². The molecule has 2 heterocycles. The van der Waals surface area contributed by atoms with Crippen molar-refractivity contribution in [3.63, 3.8) is 0 Å². The van der Waals surface area contributed by atoms with E-state index >= 15 is 0 Å². The zero-order valence-corrected chi connectivity index (χ0v) is 11.2. The Kier molecular flexibility index (Phi) is 2.65. The lowest BCUT2D eigenvalue weighted by atomic mass is 10.1. The van der Waals surface area contributed by atoms with Gasteiger partial charge in [0.05, 0.1) is 20.8 Å². The molecule has 1 aliphatic heterocycles. The van der Waals surface area contributed by atoms with E-state index in [2.05, 4.69) is 22.6 Å². The van der Waals surface area contributed by atoms with Gasteiger partial charge < -0.3 is 4.98 Å². The van der Waals surface area contributed by atoms with Crippen LogP contribution < -0.4 is 15.4 Å². The first kappa shape index (κ1) is 11.7. The summed E-state index contributed by atoms with van der Waals surface area (Å²) in [5, 5.41) is 2.09. The summed E-state index contributed by atoms with van der Waals surface area (Å²) in [6, 6.07) is 5.01. The highest BCUT2D eigenvalue weighted by atomic mass is 35.5. The Balaban J connectivity index is 2.45. The number of aromatic amines is 1. The molecule has 0 aliphatic carbocycles. The van der Waals surface area contributed by atoms with Gasteiger partial charge >= 0.3 is 4.87 Å². The van der Waals surface area contributed by atoms with Crippen LogP contribution in [0.15, 0.2) is 33.0 Å². The van der Waals surface area contributed by atoms with Gasteiger partial charge in [-0.25, -0.2) is 4.99 Å². The number of nitrogens with zero attached hydrogens (tertiary/aromatic N) is 1. The summed E-state index contributed by atoms with van der Waals surface area (Å²) in [6.07, 6.45) is 0. The molecular weight excluding hydrogens is 292 g/mol. The first-order chi connectivity index (χ1) is 8.56. The van der Waals surface area contributed by atoms with E-state index in [9.17, 15) is 9.59 Å². The van der Waals surface area contributed by atoms with Gasteiger partial charge in [-0.1, -0.05) is 22.9 Å². The molecule has 2 aromatic rings. The number of H-pyrrole nitrogens is 1. The number of nitrogens with one attached hydrogen (secondary N) is 1. The first-order valence-corrected chi connectivity index (χ1v) is 6.56. The fourth-order valence-electron chi connectivity index (χ4n) is 1.80. The summed E-state index contributed by atoms with van der Waals surface area (Å²) in [5.41, 5.74) is 0.376. The third kappa shape index (κ3) is 1.73. The van der Waals surface area contributed by atoms with Crippen molar-refractivity contribution in [2.45, 2.75) is 5.03 Å². The summed E-state index contributed by atoms with van der Waals surface area (Å²) < 4.78 is 0. The van der Waals surface area contributed by atoms with Crippen molar-refractivity contribution < 1.29 is 4.79 Å². The van der Waals surface area contributed by atoms with Crippen molar-refractivity contribution in [2.75, 3.05) is 0 Å². The summed E-state index contributed by atoms with van der Waals surface area (Å²) in [5.74, 6) is -0.377. The topological polar surface area (TPSA) is 62.3 Å². The molecule has 0 spiro atoms. The van der Waals surface area contributed by atoms with Crippen molar-refractivity contribution in [1.82, 2.24) is 4.98 Å². The molecule has 3 rings (SSSR count). The van der Waals surface area contributed by atoms with E-state index in [-0.39, 0.29) is 10.8 Å². The van der Waals surface area contributed by atoms with Gasteiger partial charge in [0.2, 0.25) is 0 Å². The van der Waals surface area contributed by atoms with Gasteiger partial charge in [-0.15, -0.1) is 12.6 Å². The predicted octanol–water partition coefficient (Wildman–Crippen LogP) is 0.737. The molecular formula is C11H5ClN2O2S2. The summed E-state index contributed by atoms with van der Waals surface area (Å²) in [7, 11) is 0. The summed E-state index contributed by atoms with van der Waals surface area (Å²) in [6.45, 7) is 0. The Morgan fingerprint density at radius 2 is 2.11 bits per heavy atom. The number of thiol groups is 1. The Morgan fingerprint density at radius 1 is 1.33 bits per heavy atom. The number of rotatable bonds is 1. The summed E-state index contributed by atoms with van der Waals surface area (Å²) in [4.78, 5) is 29.9. The lowest BCUT2D eigenvalue weighted by Gasteiger charge is -1.96. The molecule has 1 aliphatic rings. The monoisotopic (exact) mass is 296 g/mol. The molecule has 0 unspecified atom stereocenters. The van der Waals surface area contributed by atoms with E-state index in [0.29, 0.717) is 31.1 Å². The highest BCUT2D eigenvalue weighted by molar-refractivity contribution is 7.80. The zero-order chi connectivity index (χ0) is 12.9. The van der Waals surface area contributed by atoms with E-state index in [1.807, 2.05) is 0 Å². The number of carbonyl (C=O) groups excluding carboxylic acids is 1. The number of thiazole rings is 1. The van der Waals surface area contributed by atoms with E-state index in [1.54, 1.807) is 18.2 Å². The van der Waals surface area contributed by atoms with E-state index in [4.69, 9.17) is 11.6 Å². The van der Waals surface area contributed by atoms with Gasteiger partial charge in [0.15, 0.2) is 0 Å². The molecule has 1 amide bonds. The quantitative estimate of drug-likeness (QED) is 0.763. The van der Waals surface area contributed by atoms with Crippen LogP contribution in [0.4, 0.5) is 0 Å². The van der Waals surface area contributed by atoms with Crippen molar-refractivity contribution in [1.29, 1.82) is 0 Å². The maximum Gasteiger partial charge on any atom is 0.305 e. The number of hydrogen-bond acceptors (Lipinski definition) is 4. The lowest BCUT2D eigenvalue weighted by Crippen LogP contribution is -2.22. The van der Waals surface area contributed by atoms with Gasteiger partial charge in [-0.2, -0.15) is 0 Å². The molecule has 1 N–H and O–H groups in total. The molecule has 90 valence electrons. The third-order valence-corrected chi connectivity index (χ3v) is 4.14. The average molecular weight is 297 g/mol. The molecule has 0 fully saturated rings. The Hall–Kier alpha value is -1.37. The van der Waals surface area contributed by atoms with Crippen LogP contribution in [0, 0.1) is 0 Å². The maximum absolute atomic E-state index is 11.9. The van der Waals surface area contributed by atoms with Crippen molar-refractivity contribution in [3.8, 4) is 0 Å². The van der Waals surface area contributed by atoms with E-state index in [0.717, 1.165) is 11.3 Å². The minimum Gasteiger partial charge on any atom is -0.307 e. The second kappa shape index (κ2) is 4.08. The smallest absolute Gasteiger partial charge is 0.305 e. The van der Waals surface area contributed by atoms with E-state index in [1.165, 1.54) is 0 Å². The largest absolute Gasteiger partial charge is 0.307 e. The number of halogens is 1. The van der Waals surface area contributed by atoms with Crippen molar-refractivity contribution in [3.05, 3.63) is 48.3 Å². The molecule has 1 aromatic heterocycles. The molecule has 0 bridgehead atoms. The number of amides is 1. The van der Waals surface area contributed by atoms with Crippen LogP contribution in [0.25, 0.3) is 5.57 Å². The van der Waals surface area contributed by atoms with Crippen LogP contribution in [-0.4, -0.2) is 10.9 Å². The van der Waals surface area contributed by atoms with Crippen molar-refractivity contribution in [2.24, 2.45) is 4.99 Å². The number of carbonyl (C=O) groups is 1. The number of hydrogen-bond donors (Lipinski definition) is 2. The van der Waals surface area contributed by atoms with Gasteiger partial charge in [0.1, 0.15) is 0 Å². The zero-order valence-electron chi connectivity index (χ0n) is 8.73. The van der Waals surface area contributed by atoms with Gasteiger partial charge in [0, 0.05) is 10.2 Å².